The van der Waals surface area contributed by atoms with Gasteiger partial charge in [0.05, 0.1) is 23.9 Å². The maximum atomic E-state index is 12.4. The highest BCUT2D eigenvalue weighted by Crippen LogP contribution is 2.18. The number of benzene rings is 1. The van der Waals surface area contributed by atoms with Crippen molar-refractivity contribution < 1.29 is 13.2 Å². The highest BCUT2D eigenvalue weighted by Gasteiger charge is 2.14. The highest BCUT2D eigenvalue weighted by atomic mass is 32.2. The third kappa shape index (κ3) is 4.04. The van der Waals surface area contributed by atoms with E-state index in [9.17, 15) is 8.42 Å². The van der Waals surface area contributed by atoms with Crippen molar-refractivity contribution in [1.29, 1.82) is 0 Å². The molecule has 3 aromatic rings. The molecule has 0 unspecified atom stereocenters. The fraction of sp³-hybridized carbons (Fsp3) is 0.176. The first-order valence-corrected chi connectivity index (χ1v) is 9.04. The molecule has 0 aliphatic heterocycles. The summed E-state index contributed by atoms with van der Waals surface area (Å²) < 4.78 is 34.1. The van der Waals surface area contributed by atoms with E-state index in [1.807, 2.05) is 25.4 Å². The number of pyridine rings is 1. The van der Waals surface area contributed by atoms with Gasteiger partial charge in [0, 0.05) is 37.6 Å². The van der Waals surface area contributed by atoms with Gasteiger partial charge in [0.1, 0.15) is 5.75 Å². The van der Waals surface area contributed by atoms with Gasteiger partial charge < -0.3 is 4.74 Å². The molecule has 0 amide bonds. The smallest absolute Gasteiger partial charge is 0.241 e. The number of sulfonamides is 1. The normalized spacial score (nSPS) is 11.4. The summed E-state index contributed by atoms with van der Waals surface area (Å²) in [4.78, 5) is 4.51. The Labute approximate surface area is 146 Å². The average Bonchev–Trinajstić information content (AvgIpc) is 3.07. The lowest BCUT2D eigenvalue weighted by molar-refractivity contribution is 0.413. The molecule has 130 valence electrons. The SMILES string of the molecule is COc1cccc(S(=O)(=O)NCc2ccc(-c3cnn(C)c3)nc2)c1. The van der Waals surface area contributed by atoms with Crippen LogP contribution in [0.3, 0.4) is 0 Å². The number of methoxy groups -OCH3 is 1. The van der Waals surface area contributed by atoms with Crippen molar-refractivity contribution in [1.82, 2.24) is 19.5 Å². The third-order valence-electron chi connectivity index (χ3n) is 3.64. The largest absolute Gasteiger partial charge is 0.497 e. The Morgan fingerprint density at radius 3 is 2.68 bits per heavy atom. The molecular weight excluding hydrogens is 340 g/mol. The Hall–Kier alpha value is -2.71. The Balaban J connectivity index is 1.70. The number of nitrogens with zero attached hydrogens (tertiary/aromatic N) is 3. The molecule has 1 N–H and O–H groups in total. The van der Waals surface area contributed by atoms with E-state index >= 15 is 0 Å². The van der Waals surface area contributed by atoms with Gasteiger partial charge in [-0.05, 0) is 23.8 Å². The number of aromatic nitrogens is 3. The Bertz CT molecular complexity index is 966. The minimum atomic E-state index is -3.62. The Morgan fingerprint density at radius 2 is 2.04 bits per heavy atom. The van der Waals surface area contributed by atoms with E-state index in [0.717, 1.165) is 16.8 Å². The summed E-state index contributed by atoms with van der Waals surface area (Å²) in [5, 5.41) is 4.11. The number of nitrogens with one attached hydrogen (secondary N) is 1. The number of hydrogen-bond donors (Lipinski definition) is 1. The minimum absolute atomic E-state index is 0.153. The molecule has 0 radical (unpaired) electrons. The monoisotopic (exact) mass is 358 g/mol. The molecule has 8 heteroatoms. The fourth-order valence-electron chi connectivity index (χ4n) is 2.28. The van der Waals surface area contributed by atoms with Crippen LogP contribution in [-0.2, 0) is 23.6 Å². The molecule has 0 saturated heterocycles. The van der Waals surface area contributed by atoms with Gasteiger partial charge in [0.25, 0.3) is 0 Å². The molecule has 0 saturated carbocycles. The van der Waals surface area contributed by atoms with Crippen LogP contribution < -0.4 is 9.46 Å². The van der Waals surface area contributed by atoms with Crippen molar-refractivity contribution >= 4 is 10.0 Å². The summed E-state index contributed by atoms with van der Waals surface area (Å²) in [5.74, 6) is 0.491. The second kappa shape index (κ2) is 7.04. The molecule has 3 rings (SSSR count). The van der Waals surface area contributed by atoms with Crippen molar-refractivity contribution in [3.8, 4) is 17.0 Å². The number of ether oxygens (including phenoxy) is 1. The van der Waals surface area contributed by atoms with Crippen molar-refractivity contribution in [2.45, 2.75) is 11.4 Å². The molecule has 0 fully saturated rings. The molecule has 7 nitrogen and oxygen atoms in total. The van der Waals surface area contributed by atoms with Gasteiger partial charge in [-0.2, -0.15) is 5.10 Å². The first-order valence-electron chi connectivity index (χ1n) is 7.55. The van der Waals surface area contributed by atoms with Gasteiger partial charge in [-0.3, -0.25) is 9.67 Å². The second-order valence-corrected chi connectivity index (χ2v) is 7.22. The van der Waals surface area contributed by atoms with Gasteiger partial charge in [-0.15, -0.1) is 0 Å². The van der Waals surface area contributed by atoms with Crippen molar-refractivity contribution in [3.05, 3.63) is 60.6 Å². The van der Waals surface area contributed by atoms with Gasteiger partial charge in [-0.25, -0.2) is 13.1 Å². The van der Waals surface area contributed by atoms with E-state index in [0.29, 0.717) is 5.75 Å². The predicted molar refractivity (Wildman–Crippen MR) is 93.5 cm³/mol. The minimum Gasteiger partial charge on any atom is -0.497 e. The van der Waals surface area contributed by atoms with Crippen molar-refractivity contribution in [3.63, 3.8) is 0 Å². The molecule has 25 heavy (non-hydrogen) atoms. The lowest BCUT2D eigenvalue weighted by atomic mass is 10.2. The van der Waals surface area contributed by atoms with Crippen LogP contribution in [0.1, 0.15) is 5.56 Å². The van der Waals surface area contributed by atoms with Crippen LogP contribution >= 0.6 is 0 Å². The molecule has 0 aliphatic carbocycles. The quantitative estimate of drug-likeness (QED) is 0.728. The standard InChI is InChI=1S/C17H18N4O3S/c1-21-12-14(11-19-21)17-7-6-13(9-18-17)10-20-25(22,23)16-5-3-4-15(8-16)24-2/h3-9,11-12,20H,10H2,1-2H3. The first kappa shape index (κ1) is 17.1. The van der Waals surface area contributed by atoms with Crippen LogP contribution in [-0.4, -0.2) is 30.3 Å². The van der Waals surface area contributed by atoms with Crippen molar-refractivity contribution in [2.24, 2.45) is 7.05 Å². The molecule has 0 aliphatic rings. The molecule has 0 spiro atoms. The maximum absolute atomic E-state index is 12.4. The van der Waals surface area contributed by atoms with Crippen molar-refractivity contribution in [2.75, 3.05) is 7.11 Å². The van der Waals surface area contributed by atoms with E-state index in [-0.39, 0.29) is 11.4 Å². The summed E-state index contributed by atoms with van der Waals surface area (Å²) in [6.07, 6.45) is 5.25. The molecule has 2 heterocycles. The van der Waals surface area contributed by atoms with E-state index < -0.39 is 10.0 Å². The van der Waals surface area contributed by atoms with Gasteiger partial charge in [0.15, 0.2) is 0 Å². The summed E-state index contributed by atoms with van der Waals surface area (Å²) >= 11 is 0. The highest BCUT2D eigenvalue weighted by molar-refractivity contribution is 7.89. The van der Waals surface area contributed by atoms with Gasteiger partial charge in [0.2, 0.25) is 10.0 Å². The zero-order valence-corrected chi connectivity index (χ0v) is 14.7. The zero-order chi connectivity index (χ0) is 17.9. The topological polar surface area (TPSA) is 86.1 Å². The summed E-state index contributed by atoms with van der Waals surface area (Å²) in [7, 11) is -0.288. The zero-order valence-electron chi connectivity index (χ0n) is 13.9. The Morgan fingerprint density at radius 1 is 1.20 bits per heavy atom. The third-order valence-corrected chi connectivity index (χ3v) is 5.04. The van der Waals surface area contributed by atoms with Crippen LogP contribution in [0.4, 0.5) is 0 Å². The average molecular weight is 358 g/mol. The van der Waals surface area contributed by atoms with E-state index in [2.05, 4.69) is 14.8 Å². The lowest BCUT2D eigenvalue weighted by Gasteiger charge is -2.08. The second-order valence-electron chi connectivity index (χ2n) is 5.46. The van der Waals surface area contributed by atoms with Gasteiger partial charge in [-0.1, -0.05) is 12.1 Å². The van der Waals surface area contributed by atoms with E-state index in [1.165, 1.54) is 19.2 Å². The maximum Gasteiger partial charge on any atom is 0.241 e. The van der Waals surface area contributed by atoms with E-state index in [1.54, 1.807) is 29.2 Å². The lowest BCUT2D eigenvalue weighted by Crippen LogP contribution is -2.23. The van der Waals surface area contributed by atoms with Crippen LogP contribution in [0.5, 0.6) is 5.75 Å². The molecule has 0 atom stereocenters. The fourth-order valence-corrected chi connectivity index (χ4v) is 3.34. The summed E-state index contributed by atoms with van der Waals surface area (Å²) in [6, 6.07) is 10.0. The van der Waals surface area contributed by atoms with E-state index in [4.69, 9.17) is 4.74 Å². The Kier molecular flexibility index (Phi) is 4.82. The van der Waals surface area contributed by atoms with Crippen LogP contribution in [0.15, 0.2) is 59.9 Å². The summed E-state index contributed by atoms with van der Waals surface area (Å²) in [6.45, 7) is 0.153. The van der Waals surface area contributed by atoms with Crippen LogP contribution in [0, 0.1) is 0 Å². The van der Waals surface area contributed by atoms with Crippen LogP contribution in [0.2, 0.25) is 0 Å². The molecule has 0 bridgehead atoms. The first-order chi connectivity index (χ1) is 12.0. The van der Waals surface area contributed by atoms with Crippen LogP contribution in [0.25, 0.3) is 11.3 Å². The van der Waals surface area contributed by atoms with Gasteiger partial charge >= 0.3 is 0 Å². The number of aryl methyl sites for hydroxylation is 1. The summed E-state index contributed by atoms with van der Waals surface area (Å²) in [5.41, 5.74) is 2.46. The molecule has 2 aromatic heterocycles. The molecular formula is C17H18N4O3S. The molecule has 1 aromatic carbocycles. The number of hydrogen-bond acceptors (Lipinski definition) is 5. The number of rotatable bonds is 6. The predicted octanol–water partition coefficient (Wildman–Crippen LogP) is 1.97.